The van der Waals surface area contributed by atoms with Crippen LogP contribution in [0.4, 0.5) is 5.69 Å². The standard InChI is InChI=1S/C22H22N2O4/c25-19(15-7-2-1-3-8-15)23-18-11-5-4-10-17(18)20(26)24-13-16-9-6-12-22(16,14-24)21(27)28/h1-5,7-8,10-11,16H,6,9,12-14H2,(H,23,25)(H,27,28)/t16-,22+/m0/s1. The van der Waals surface area contributed by atoms with Crippen LogP contribution >= 0.6 is 0 Å². The zero-order valence-electron chi connectivity index (χ0n) is 15.4. The third-order valence-electron chi connectivity index (χ3n) is 6.03. The lowest BCUT2D eigenvalue weighted by Gasteiger charge is -2.23. The Bertz CT molecular complexity index is 927. The summed E-state index contributed by atoms with van der Waals surface area (Å²) in [5.41, 5.74) is 0.498. The largest absolute Gasteiger partial charge is 0.481 e. The van der Waals surface area contributed by atoms with Gasteiger partial charge in [0.1, 0.15) is 0 Å². The fraction of sp³-hybridized carbons (Fsp3) is 0.318. The number of carboxylic acids is 1. The molecule has 2 atom stereocenters. The van der Waals surface area contributed by atoms with Gasteiger partial charge in [0, 0.05) is 18.7 Å². The van der Waals surface area contributed by atoms with Crippen LogP contribution in [0.3, 0.4) is 0 Å². The quantitative estimate of drug-likeness (QED) is 0.855. The lowest BCUT2D eigenvalue weighted by Crippen LogP contribution is -2.37. The average Bonchev–Trinajstić information content (AvgIpc) is 3.27. The molecule has 2 fully saturated rings. The smallest absolute Gasteiger partial charge is 0.311 e. The third kappa shape index (κ3) is 3.05. The van der Waals surface area contributed by atoms with Crippen molar-refractivity contribution >= 4 is 23.5 Å². The van der Waals surface area contributed by atoms with Gasteiger partial charge in [-0.15, -0.1) is 0 Å². The molecule has 2 N–H and O–H groups in total. The Morgan fingerprint density at radius 2 is 1.75 bits per heavy atom. The Labute approximate surface area is 163 Å². The van der Waals surface area contributed by atoms with Crippen molar-refractivity contribution in [1.82, 2.24) is 4.90 Å². The first-order valence-corrected chi connectivity index (χ1v) is 9.49. The number of amides is 2. The Balaban J connectivity index is 1.56. The second kappa shape index (κ2) is 7.11. The highest BCUT2D eigenvalue weighted by molar-refractivity contribution is 6.09. The van der Waals surface area contributed by atoms with Gasteiger partial charge in [-0.3, -0.25) is 14.4 Å². The number of rotatable bonds is 4. The van der Waals surface area contributed by atoms with Gasteiger partial charge >= 0.3 is 5.97 Å². The molecule has 1 saturated carbocycles. The number of nitrogens with one attached hydrogen (secondary N) is 1. The van der Waals surface area contributed by atoms with Crippen molar-refractivity contribution in [2.24, 2.45) is 11.3 Å². The summed E-state index contributed by atoms with van der Waals surface area (Å²) in [6, 6.07) is 15.7. The van der Waals surface area contributed by atoms with Crippen LogP contribution in [0.1, 0.15) is 40.0 Å². The van der Waals surface area contributed by atoms with Crippen LogP contribution in [-0.2, 0) is 4.79 Å². The first-order valence-electron chi connectivity index (χ1n) is 9.49. The minimum atomic E-state index is -0.822. The summed E-state index contributed by atoms with van der Waals surface area (Å²) in [6.45, 7) is 0.679. The maximum Gasteiger partial charge on any atom is 0.311 e. The molecule has 1 aliphatic carbocycles. The number of para-hydroxylation sites is 1. The molecule has 144 valence electrons. The highest BCUT2D eigenvalue weighted by Gasteiger charge is 2.55. The van der Waals surface area contributed by atoms with E-state index in [0.29, 0.717) is 29.8 Å². The zero-order valence-corrected chi connectivity index (χ0v) is 15.4. The molecule has 2 amide bonds. The molecule has 28 heavy (non-hydrogen) atoms. The maximum absolute atomic E-state index is 13.2. The SMILES string of the molecule is O=C(Nc1ccccc1C(=O)N1C[C@@H]2CCC[C@@]2(C(=O)O)C1)c1ccccc1. The van der Waals surface area contributed by atoms with Crippen molar-refractivity contribution in [3.8, 4) is 0 Å². The van der Waals surface area contributed by atoms with Gasteiger partial charge in [0.25, 0.3) is 11.8 Å². The van der Waals surface area contributed by atoms with Crippen LogP contribution in [0, 0.1) is 11.3 Å². The predicted octanol–water partition coefficient (Wildman–Crippen LogP) is 3.27. The molecule has 1 saturated heterocycles. The number of carbonyl (C=O) groups is 3. The van der Waals surface area contributed by atoms with E-state index in [0.717, 1.165) is 12.8 Å². The van der Waals surface area contributed by atoms with Crippen LogP contribution in [0.15, 0.2) is 54.6 Å². The Morgan fingerprint density at radius 1 is 1.04 bits per heavy atom. The summed E-state index contributed by atoms with van der Waals surface area (Å²) >= 11 is 0. The van der Waals surface area contributed by atoms with E-state index >= 15 is 0 Å². The van der Waals surface area contributed by atoms with Crippen LogP contribution in [-0.4, -0.2) is 40.9 Å². The minimum absolute atomic E-state index is 0.0000205. The highest BCUT2D eigenvalue weighted by Crippen LogP contribution is 2.49. The Morgan fingerprint density at radius 3 is 2.46 bits per heavy atom. The second-order valence-corrected chi connectivity index (χ2v) is 7.60. The summed E-state index contributed by atoms with van der Waals surface area (Å²) in [7, 11) is 0. The number of anilines is 1. The van der Waals surface area contributed by atoms with Gasteiger partial charge in [0.2, 0.25) is 0 Å². The third-order valence-corrected chi connectivity index (χ3v) is 6.03. The monoisotopic (exact) mass is 378 g/mol. The first-order chi connectivity index (χ1) is 13.5. The van der Waals surface area contributed by atoms with Gasteiger partial charge in [-0.05, 0) is 43.0 Å². The lowest BCUT2D eigenvalue weighted by atomic mass is 9.81. The molecule has 1 aliphatic heterocycles. The van der Waals surface area contributed by atoms with Gasteiger partial charge in [-0.1, -0.05) is 36.8 Å². The normalized spacial score (nSPS) is 23.3. The van der Waals surface area contributed by atoms with E-state index in [1.807, 2.05) is 6.07 Å². The summed E-state index contributed by atoms with van der Waals surface area (Å²) < 4.78 is 0. The molecule has 0 spiro atoms. The number of hydrogen-bond donors (Lipinski definition) is 2. The molecule has 4 rings (SSSR count). The minimum Gasteiger partial charge on any atom is -0.481 e. The van der Waals surface area contributed by atoms with Crippen LogP contribution in [0.5, 0.6) is 0 Å². The van der Waals surface area contributed by atoms with Gasteiger partial charge in [0.15, 0.2) is 0 Å². The number of benzene rings is 2. The molecule has 2 aromatic rings. The molecule has 6 nitrogen and oxygen atoms in total. The lowest BCUT2D eigenvalue weighted by molar-refractivity contribution is -0.149. The maximum atomic E-state index is 13.2. The van der Waals surface area contributed by atoms with E-state index in [1.54, 1.807) is 53.4 Å². The fourth-order valence-corrected chi connectivity index (χ4v) is 4.53. The Kier molecular flexibility index (Phi) is 4.63. The summed E-state index contributed by atoms with van der Waals surface area (Å²) in [5, 5.41) is 12.6. The summed E-state index contributed by atoms with van der Waals surface area (Å²) in [5.74, 6) is -1.34. The molecule has 2 aliphatic rings. The van der Waals surface area contributed by atoms with Crippen molar-refractivity contribution in [2.45, 2.75) is 19.3 Å². The molecule has 1 heterocycles. The van der Waals surface area contributed by atoms with Crippen LogP contribution in [0.2, 0.25) is 0 Å². The number of carbonyl (C=O) groups excluding carboxylic acids is 2. The number of fused-ring (bicyclic) bond motifs is 1. The molecule has 0 radical (unpaired) electrons. The van der Waals surface area contributed by atoms with E-state index in [-0.39, 0.29) is 24.3 Å². The van der Waals surface area contributed by atoms with Crippen molar-refractivity contribution in [2.75, 3.05) is 18.4 Å². The second-order valence-electron chi connectivity index (χ2n) is 7.60. The first kappa shape index (κ1) is 18.2. The molecule has 2 aromatic carbocycles. The van der Waals surface area contributed by atoms with Crippen molar-refractivity contribution in [1.29, 1.82) is 0 Å². The Hall–Kier alpha value is -3.15. The number of nitrogens with zero attached hydrogens (tertiary/aromatic N) is 1. The summed E-state index contributed by atoms with van der Waals surface area (Å²) in [4.78, 5) is 39.2. The van der Waals surface area contributed by atoms with E-state index in [1.165, 1.54) is 0 Å². The van der Waals surface area contributed by atoms with Gasteiger partial charge in [-0.2, -0.15) is 0 Å². The number of hydrogen-bond acceptors (Lipinski definition) is 3. The van der Waals surface area contributed by atoms with Crippen molar-refractivity contribution in [3.63, 3.8) is 0 Å². The molecular formula is C22H22N2O4. The molecular weight excluding hydrogens is 356 g/mol. The van der Waals surface area contributed by atoms with Crippen molar-refractivity contribution < 1.29 is 19.5 Å². The number of aliphatic carboxylic acids is 1. The summed E-state index contributed by atoms with van der Waals surface area (Å²) in [6.07, 6.45) is 2.34. The molecule has 0 bridgehead atoms. The van der Waals surface area contributed by atoms with Crippen molar-refractivity contribution in [3.05, 3.63) is 65.7 Å². The van der Waals surface area contributed by atoms with Gasteiger partial charge in [0.05, 0.1) is 16.7 Å². The number of carboxylic acid groups (broad SMARTS) is 1. The van der Waals surface area contributed by atoms with E-state index < -0.39 is 11.4 Å². The van der Waals surface area contributed by atoms with E-state index in [2.05, 4.69) is 5.32 Å². The molecule has 0 unspecified atom stereocenters. The average molecular weight is 378 g/mol. The van der Waals surface area contributed by atoms with Gasteiger partial charge < -0.3 is 15.3 Å². The molecule has 0 aromatic heterocycles. The van der Waals surface area contributed by atoms with E-state index in [4.69, 9.17) is 0 Å². The van der Waals surface area contributed by atoms with E-state index in [9.17, 15) is 19.5 Å². The number of likely N-dealkylation sites (tertiary alicyclic amines) is 1. The fourth-order valence-electron chi connectivity index (χ4n) is 4.53. The van der Waals surface area contributed by atoms with Crippen LogP contribution < -0.4 is 5.32 Å². The zero-order chi connectivity index (χ0) is 19.7. The van der Waals surface area contributed by atoms with Gasteiger partial charge in [-0.25, -0.2) is 0 Å². The predicted molar refractivity (Wildman–Crippen MR) is 104 cm³/mol. The van der Waals surface area contributed by atoms with Crippen LogP contribution in [0.25, 0.3) is 0 Å². The topological polar surface area (TPSA) is 86.7 Å². The highest BCUT2D eigenvalue weighted by atomic mass is 16.4. The molecule has 6 heteroatoms.